The number of benzene rings is 2. The van der Waals surface area contributed by atoms with Gasteiger partial charge in [-0.1, -0.05) is 60.4 Å². The van der Waals surface area contributed by atoms with Crippen molar-refractivity contribution in [2.24, 2.45) is 11.8 Å². The molecule has 0 nitrogen and oxygen atoms in total. The molecule has 0 amide bonds. The number of allylic oxidation sites excluding steroid dienone is 2. The highest BCUT2D eigenvalue weighted by Gasteiger charge is 2.38. The number of rotatable bonds is 1. The van der Waals surface area contributed by atoms with Crippen molar-refractivity contribution >= 4 is 5.57 Å². The summed E-state index contributed by atoms with van der Waals surface area (Å²) in [6.07, 6.45) is 5.46. The third-order valence-electron chi connectivity index (χ3n) is 5.06. The van der Waals surface area contributed by atoms with Crippen LogP contribution in [0.5, 0.6) is 0 Å². The highest BCUT2D eigenvalue weighted by Crippen LogP contribution is 2.51. The van der Waals surface area contributed by atoms with E-state index in [1.165, 1.54) is 36.8 Å². The molecule has 2 bridgehead atoms. The zero-order chi connectivity index (χ0) is 14.8. The van der Waals surface area contributed by atoms with Crippen LogP contribution in [0.2, 0.25) is 0 Å². The number of hydrogen-bond donors (Lipinski definition) is 0. The molecule has 0 heteroatoms. The van der Waals surface area contributed by atoms with Crippen molar-refractivity contribution in [1.29, 1.82) is 0 Å². The Bertz CT molecular complexity index is 719. The molecule has 108 valence electrons. The minimum Gasteiger partial charge on any atom is -0.0622 e. The van der Waals surface area contributed by atoms with Gasteiger partial charge in [-0.3, -0.25) is 0 Å². The molecule has 22 heavy (non-hydrogen) atoms. The van der Waals surface area contributed by atoms with E-state index >= 15 is 0 Å². The van der Waals surface area contributed by atoms with E-state index < -0.39 is 0 Å². The molecule has 2 fully saturated rings. The van der Waals surface area contributed by atoms with Crippen LogP contribution in [0.25, 0.3) is 5.57 Å². The molecule has 2 saturated carbocycles. The number of fused-ring (bicyclic) bond motifs is 2. The minimum atomic E-state index is 0.783. The van der Waals surface area contributed by atoms with Gasteiger partial charge in [0.25, 0.3) is 0 Å². The van der Waals surface area contributed by atoms with Crippen molar-refractivity contribution in [2.75, 3.05) is 0 Å². The molecule has 0 spiro atoms. The van der Waals surface area contributed by atoms with Gasteiger partial charge in [-0.2, -0.15) is 0 Å². The quantitative estimate of drug-likeness (QED) is 0.622. The second-order valence-electron chi connectivity index (χ2n) is 6.36. The summed E-state index contributed by atoms with van der Waals surface area (Å²) < 4.78 is 0. The fourth-order valence-corrected chi connectivity index (χ4v) is 4.03. The van der Waals surface area contributed by atoms with Crippen LogP contribution in [-0.2, 0) is 0 Å². The molecule has 2 aromatic rings. The van der Waals surface area contributed by atoms with Crippen molar-refractivity contribution < 1.29 is 0 Å². The van der Waals surface area contributed by atoms with E-state index in [-0.39, 0.29) is 0 Å². The highest BCUT2D eigenvalue weighted by molar-refractivity contribution is 5.83. The smallest absolute Gasteiger partial charge is 0.0319 e. The molecule has 4 rings (SSSR count). The van der Waals surface area contributed by atoms with Crippen LogP contribution in [0.15, 0.2) is 66.2 Å². The van der Waals surface area contributed by atoms with Crippen molar-refractivity contribution in [2.45, 2.75) is 25.7 Å². The maximum absolute atomic E-state index is 3.52. The standard InChI is InChI=1S/C22H20/c1-3-7-17(8-4-1)11-16-21(18-9-5-2-6-10-18)22-19-12-13-20(22)15-14-19/h1-10,19-20H,12-15H2. The van der Waals surface area contributed by atoms with Gasteiger partial charge in [-0.05, 0) is 60.8 Å². The van der Waals surface area contributed by atoms with Gasteiger partial charge in [0.2, 0.25) is 0 Å². The Morgan fingerprint density at radius 1 is 0.727 bits per heavy atom. The van der Waals surface area contributed by atoms with Crippen LogP contribution >= 0.6 is 0 Å². The predicted octanol–water partition coefficient (Wildman–Crippen LogP) is 5.31. The molecule has 0 atom stereocenters. The Kier molecular flexibility index (Phi) is 3.57. The van der Waals surface area contributed by atoms with Gasteiger partial charge in [-0.15, -0.1) is 0 Å². The molecular formula is C22H20. The maximum atomic E-state index is 3.52. The van der Waals surface area contributed by atoms with Gasteiger partial charge in [-0.25, -0.2) is 0 Å². The molecule has 0 heterocycles. The average Bonchev–Trinajstić information content (AvgIpc) is 3.18. The molecule has 0 aromatic heterocycles. The van der Waals surface area contributed by atoms with Gasteiger partial charge in [0.15, 0.2) is 0 Å². The van der Waals surface area contributed by atoms with Crippen LogP contribution < -0.4 is 0 Å². The van der Waals surface area contributed by atoms with Crippen LogP contribution in [0.3, 0.4) is 0 Å². The Morgan fingerprint density at radius 2 is 1.27 bits per heavy atom. The molecule has 0 aliphatic heterocycles. The first-order valence-electron chi connectivity index (χ1n) is 8.28. The summed E-state index contributed by atoms with van der Waals surface area (Å²) in [7, 11) is 0. The third-order valence-corrected chi connectivity index (χ3v) is 5.06. The lowest BCUT2D eigenvalue weighted by molar-refractivity contribution is 0.480. The average molecular weight is 284 g/mol. The summed E-state index contributed by atoms with van der Waals surface area (Å²) in [5, 5.41) is 0. The zero-order valence-electron chi connectivity index (χ0n) is 12.8. The minimum absolute atomic E-state index is 0.783. The van der Waals surface area contributed by atoms with Gasteiger partial charge in [0.1, 0.15) is 0 Å². The Labute approximate surface area is 132 Å². The Morgan fingerprint density at radius 3 is 1.86 bits per heavy atom. The zero-order valence-corrected chi connectivity index (χ0v) is 12.8. The first-order chi connectivity index (χ1) is 10.9. The van der Waals surface area contributed by atoms with Crippen molar-refractivity contribution in [3.8, 4) is 11.8 Å². The summed E-state index contributed by atoms with van der Waals surface area (Å²) >= 11 is 0. The van der Waals surface area contributed by atoms with Crippen molar-refractivity contribution in [3.63, 3.8) is 0 Å². The van der Waals surface area contributed by atoms with Crippen molar-refractivity contribution in [3.05, 3.63) is 77.4 Å². The Hall–Kier alpha value is -2.26. The lowest BCUT2D eigenvalue weighted by Crippen LogP contribution is -1.96. The molecule has 0 N–H and O–H groups in total. The van der Waals surface area contributed by atoms with E-state index in [4.69, 9.17) is 0 Å². The van der Waals surface area contributed by atoms with Gasteiger partial charge >= 0.3 is 0 Å². The number of hydrogen-bond acceptors (Lipinski definition) is 0. The second-order valence-corrected chi connectivity index (χ2v) is 6.36. The molecule has 0 unspecified atom stereocenters. The van der Waals surface area contributed by atoms with Gasteiger partial charge in [0.05, 0.1) is 0 Å². The summed E-state index contributed by atoms with van der Waals surface area (Å²) in [5.41, 5.74) is 5.34. The first-order valence-corrected chi connectivity index (χ1v) is 8.28. The Balaban J connectivity index is 1.81. The van der Waals surface area contributed by atoms with Gasteiger partial charge < -0.3 is 0 Å². The molecule has 2 aromatic carbocycles. The lowest BCUT2D eigenvalue weighted by atomic mass is 9.93. The topological polar surface area (TPSA) is 0 Å². The van der Waals surface area contributed by atoms with E-state index in [0.717, 1.165) is 17.4 Å². The largest absolute Gasteiger partial charge is 0.0622 e. The molecule has 0 radical (unpaired) electrons. The normalized spacial score (nSPS) is 22.3. The van der Waals surface area contributed by atoms with Crippen LogP contribution in [0.4, 0.5) is 0 Å². The maximum Gasteiger partial charge on any atom is 0.0319 e. The van der Waals surface area contributed by atoms with Crippen LogP contribution in [-0.4, -0.2) is 0 Å². The summed E-state index contributed by atoms with van der Waals surface area (Å²) in [4.78, 5) is 0. The predicted molar refractivity (Wildman–Crippen MR) is 92.1 cm³/mol. The van der Waals surface area contributed by atoms with E-state index in [0.29, 0.717) is 0 Å². The molecular weight excluding hydrogens is 264 g/mol. The second kappa shape index (κ2) is 5.85. The van der Waals surface area contributed by atoms with Crippen LogP contribution in [0, 0.1) is 23.7 Å². The molecule has 0 saturated heterocycles. The van der Waals surface area contributed by atoms with E-state index in [1.54, 1.807) is 5.57 Å². The highest BCUT2D eigenvalue weighted by atomic mass is 14.4. The summed E-state index contributed by atoms with van der Waals surface area (Å²) in [6, 6.07) is 21.1. The van der Waals surface area contributed by atoms with E-state index in [9.17, 15) is 0 Å². The van der Waals surface area contributed by atoms with E-state index in [1.807, 2.05) is 6.07 Å². The monoisotopic (exact) mass is 284 g/mol. The summed E-state index contributed by atoms with van der Waals surface area (Å²) in [6.45, 7) is 0. The van der Waals surface area contributed by atoms with Crippen LogP contribution in [0.1, 0.15) is 36.8 Å². The first kappa shape index (κ1) is 13.4. The third kappa shape index (κ3) is 2.48. The van der Waals surface area contributed by atoms with Crippen molar-refractivity contribution in [1.82, 2.24) is 0 Å². The molecule has 2 aliphatic carbocycles. The van der Waals surface area contributed by atoms with E-state index in [2.05, 4.69) is 66.4 Å². The fraction of sp³-hybridized carbons (Fsp3) is 0.273. The molecule has 2 aliphatic rings. The SMILES string of the molecule is C(#Cc1ccccc1)C(=C1C2CCC1CC2)c1ccccc1. The van der Waals surface area contributed by atoms with Gasteiger partial charge in [0, 0.05) is 11.1 Å². The fourth-order valence-electron chi connectivity index (χ4n) is 4.03. The summed E-state index contributed by atoms with van der Waals surface area (Å²) in [5.74, 6) is 8.47. The lowest BCUT2D eigenvalue weighted by Gasteiger charge is -2.10.